The van der Waals surface area contributed by atoms with Gasteiger partial charge >= 0.3 is 0 Å². The number of hydrogen-bond acceptors (Lipinski definition) is 1. The number of hydrogen-bond donors (Lipinski definition) is 1. The van der Waals surface area contributed by atoms with Crippen LogP contribution in [0.4, 0.5) is 5.69 Å². The van der Waals surface area contributed by atoms with E-state index in [1.54, 1.807) is 0 Å². The van der Waals surface area contributed by atoms with Crippen molar-refractivity contribution in [2.75, 3.05) is 11.1 Å². The monoisotopic (exact) mass is 209 g/mol. The summed E-state index contributed by atoms with van der Waals surface area (Å²) >= 11 is 3.22. The highest BCUT2D eigenvalue weighted by molar-refractivity contribution is 9.09. The molecule has 2 heteroatoms. The van der Waals surface area contributed by atoms with Crippen LogP contribution < -0.4 is 5.73 Å². The Balaban J connectivity index is 2.82. The third-order valence-corrected chi connectivity index (χ3v) is 1.49. The van der Waals surface area contributed by atoms with Crippen molar-refractivity contribution in [3.05, 3.63) is 29.8 Å². The Labute approximate surface area is 74.7 Å². The maximum Gasteiger partial charge on any atom is 0.0649 e. The summed E-state index contributed by atoms with van der Waals surface area (Å²) in [7, 11) is 0. The van der Waals surface area contributed by atoms with Crippen molar-refractivity contribution in [1.82, 2.24) is 0 Å². The van der Waals surface area contributed by atoms with Crippen LogP contribution in [0.15, 0.2) is 24.3 Å². The van der Waals surface area contributed by atoms with Crippen LogP contribution in [0.25, 0.3) is 0 Å². The molecule has 1 nitrogen and oxygen atoms in total. The van der Waals surface area contributed by atoms with Gasteiger partial charge in [-0.15, -0.1) is 0 Å². The van der Waals surface area contributed by atoms with Gasteiger partial charge in [0, 0.05) is 11.3 Å². The molecule has 0 unspecified atom stereocenters. The Morgan fingerprint density at radius 1 is 1.27 bits per heavy atom. The fraction of sp³-hybridized carbons (Fsp3) is 0.111. The highest BCUT2D eigenvalue weighted by Crippen LogP contribution is 2.03. The SMILES string of the molecule is Nc1ccc(C#CCBr)cc1. The zero-order valence-electron chi connectivity index (χ0n) is 5.97. The topological polar surface area (TPSA) is 26.0 Å². The van der Waals surface area contributed by atoms with Crippen molar-refractivity contribution < 1.29 is 0 Å². The number of nitrogens with two attached hydrogens (primary N) is 1. The molecule has 0 atom stereocenters. The standard InChI is InChI=1S/C9H8BrN/c10-7-1-2-8-3-5-9(11)6-4-8/h3-6H,7,11H2. The molecule has 0 bridgehead atoms. The van der Waals surface area contributed by atoms with E-state index >= 15 is 0 Å². The van der Waals surface area contributed by atoms with E-state index in [9.17, 15) is 0 Å². The summed E-state index contributed by atoms with van der Waals surface area (Å²) in [5.41, 5.74) is 7.27. The predicted octanol–water partition coefficient (Wildman–Crippen LogP) is 2.02. The van der Waals surface area contributed by atoms with Gasteiger partial charge < -0.3 is 5.73 Å². The maximum atomic E-state index is 5.50. The number of benzene rings is 1. The first-order valence-corrected chi connectivity index (χ1v) is 4.35. The first kappa shape index (κ1) is 8.16. The van der Waals surface area contributed by atoms with Gasteiger partial charge in [0.1, 0.15) is 0 Å². The Kier molecular flexibility index (Phi) is 3.00. The molecular formula is C9H8BrN. The van der Waals surface area contributed by atoms with Gasteiger partial charge in [0.15, 0.2) is 0 Å². The van der Waals surface area contributed by atoms with Crippen LogP contribution in [-0.4, -0.2) is 5.33 Å². The molecular weight excluding hydrogens is 202 g/mol. The summed E-state index contributed by atoms with van der Waals surface area (Å²) in [6, 6.07) is 7.51. The van der Waals surface area contributed by atoms with Gasteiger partial charge in [-0.1, -0.05) is 27.8 Å². The number of rotatable bonds is 0. The minimum absolute atomic E-state index is 0.706. The number of anilines is 1. The molecule has 1 rings (SSSR count). The Bertz CT molecular complexity index is 279. The van der Waals surface area contributed by atoms with Gasteiger partial charge in [-0.2, -0.15) is 0 Å². The van der Waals surface area contributed by atoms with Crippen LogP contribution in [0.3, 0.4) is 0 Å². The number of halogens is 1. The molecule has 0 heterocycles. The number of alkyl halides is 1. The Morgan fingerprint density at radius 3 is 2.45 bits per heavy atom. The molecule has 56 valence electrons. The Morgan fingerprint density at radius 2 is 1.91 bits per heavy atom. The fourth-order valence-electron chi connectivity index (χ4n) is 0.702. The molecule has 0 aromatic heterocycles. The number of nitrogen functional groups attached to an aromatic ring is 1. The zero-order chi connectivity index (χ0) is 8.10. The molecule has 11 heavy (non-hydrogen) atoms. The van der Waals surface area contributed by atoms with Crippen LogP contribution in [0.1, 0.15) is 5.56 Å². The summed E-state index contributed by atoms with van der Waals surface area (Å²) in [4.78, 5) is 0. The van der Waals surface area contributed by atoms with Crippen molar-refractivity contribution >= 4 is 21.6 Å². The van der Waals surface area contributed by atoms with Gasteiger partial charge in [-0.05, 0) is 24.3 Å². The predicted molar refractivity (Wildman–Crippen MR) is 51.5 cm³/mol. The van der Waals surface area contributed by atoms with Crippen molar-refractivity contribution in [1.29, 1.82) is 0 Å². The van der Waals surface area contributed by atoms with Gasteiger partial charge in [0.05, 0.1) is 5.33 Å². The molecule has 0 amide bonds. The lowest BCUT2D eigenvalue weighted by atomic mass is 10.2. The van der Waals surface area contributed by atoms with Crippen LogP contribution >= 0.6 is 15.9 Å². The fourth-order valence-corrected chi connectivity index (χ4v) is 0.842. The molecule has 0 radical (unpaired) electrons. The first-order chi connectivity index (χ1) is 5.33. The quantitative estimate of drug-likeness (QED) is 0.395. The van der Waals surface area contributed by atoms with E-state index in [2.05, 4.69) is 27.8 Å². The average Bonchev–Trinajstić information content (AvgIpc) is 2.04. The van der Waals surface area contributed by atoms with Crippen LogP contribution in [0, 0.1) is 11.8 Å². The molecule has 2 N–H and O–H groups in total. The molecule has 0 fully saturated rings. The molecule has 0 saturated heterocycles. The van der Waals surface area contributed by atoms with E-state index in [-0.39, 0.29) is 0 Å². The lowest BCUT2D eigenvalue weighted by Gasteiger charge is -1.90. The van der Waals surface area contributed by atoms with E-state index in [1.165, 1.54) is 0 Å². The van der Waals surface area contributed by atoms with Gasteiger partial charge in [0.25, 0.3) is 0 Å². The summed E-state index contributed by atoms with van der Waals surface area (Å²) in [5, 5.41) is 0.706. The lowest BCUT2D eigenvalue weighted by Crippen LogP contribution is -1.82. The van der Waals surface area contributed by atoms with Crippen molar-refractivity contribution in [2.24, 2.45) is 0 Å². The largest absolute Gasteiger partial charge is 0.399 e. The smallest absolute Gasteiger partial charge is 0.0649 e. The minimum Gasteiger partial charge on any atom is -0.399 e. The summed E-state index contributed by atoms with van der Waals surface area (Å²) < 4.78 is 0. The highest BCUT2D eigenvalue weighted by Gasteiger charge is 1.84. The second-order valence-electron chi connectivity index (χ2n) is 2.06. The molecule has 0 saturated carbocycles. The van der Waals surface area contributed by atoms with E-state index in [0.29, 0.717) is 5.33 Å². The van der Waals surface area contributed by atoms with E-state index < -0.39 is 0 Å². The second kappa shape index (κ2) is 4.05. The maximum absolute atomic E-state index is 5.50. The third-order valence-electron chi connectivity index (χ3n) is 1.21. The highest BCUT2D eigenvalue weighted by atomic mass is 79.9. The van der Waals surface area contributed by atoms with Crippen molar-refractivity contribution in [2.45, 2.75) is 0 Å². The lowest BCUT2D eigenvalue weighted by molar-refractivity contribution is 1.63. The van der Waals surface area contributed by atoms with Crippen LogP contribution in [0.2, 0.25) is 0 Å². The first-order valence-electron chi connectivity index (χ1n) is 3.23. The zero-order valence-corrected chi connectivity index (χ0v) is 7.56. The average molecular weight is 210 g/mol. The third kappa shape index (κ3) is 2.65. The van der Waals surface area contributed by atoms with Crippen molar-refractivity contribution in [3.8, 4) is 11.8 Å². The summed E-state index contributed by atoms with van der Waals surface area (Å²) in [5.74, 6) is 5.88. The second-order valence-corrected chi connectivity index (χ2v) is 2.62. The normalized spacial score (nSPS) is 8.45. The van der Waals surface area contributed by atoms with Gasteiger partial charge in [-0.25, -0.2) is 0 Å². The van der Waals surface area contributed by atoms with Gasteiger partial charge in [-0.3, -0.25) is 0 Å². The minimum atomic E-state index is 0.706. The summed E-state index contributed by atoms with van der Waals surface area (Å²) in [6.45, 7) is 0. The molecule has 1 aromatic rings. The van der Waals surface area contributed by atoms with E-state index in [0.717, 1.165) is 11.3 Å². The molecule has 0 aliphatic carbocycles. The van der Waals surface area contributed by atoms with E-state index in [1.807, 2.05) is 24.3 Å². The molecule has 0 aliphatic heterocycles. The van der Waals surface area contributed by atoms with E-state index in [4.69, 9.17) is 5.73 Å². The Hall–Kier alpha value is -0.940. The molecule has 1 aromatic carbocycles. The summed E-state index contributed by atoms with van der Waals surface area (Å²) in [6.07, 6.45) is 0. The molecule has 0 spiro atoms. The van der Waals surface area contributed by atoms with Crippen molar-refractivity contribution in [3.63, 3.8) is 0 Å². The van der Waals surface area contributed by atoms with Gasteiger partial charge in [0.2, 0.25) is 0 Å². The van der Waals surface area contributed by atoms with Crippen LogP contribution in [-0.2, 0) is 0 Å². The van der Waals surface area contributed by atoms with Crippen LogP contribution in [0.5, 0.6) is 0 Å². The molecule has 0 aliphatic rings.